The second-order valence-corrected chi connectivity index (χ2v) is 8.17. The van der Waals surface area contributed by atoms with Crippen LogP contribution in [0, 0.1) is 0 Å². The summed E-state index contributed by atoms with van der Waals surface area (Å²) in [4.78, 5) is 0. The van der Waals surface area contributed by atoms with E-state index in [1.165, 1.54) is 0 Å². The van der Waals surface area contributed by atoms with Gasteiger partial charge in [0.2, 0.25) is 10.0 Å². The Bertz CT molecular complexity index is 531. The van der Waals surface area contributed by atoms with Crippen LogP contribution < -0.4 is 10.0 Å². The molecule has 5 heteroatoms. The van der Waals surface area contributed by atoms with Gasteiger partial charge in [-0.15, -0.1) is 0 Å². The van der Waals surface area contributed by atoms with Crippen molar-refractivity contribution < 1.29 is 8.42 Å². The van der Waals surface area contributed by atoms with Crippen LogP contribution in [0.5, 0.6) is 0 Å². The average Bonchev–Trinajstić information content (AvgIpc) is 2.26. The molecule has 0 heterocycles. The molecule has 0 atom stereocenters. The Morgan fingerprint density at radius 2 is 1.75 bits per heavy atom. The van der Waals surface area contributed by atoms with Gasteiger partial charge in [0.05, 0.1) is 11.4 Å². The third-order valence-corrected chi connectivity index (χ3v) is 4.20. The fourth-order valence-corrected chi connectivity index (χ4v) is 2.93. The van der Waals surface area contributed by atoms with Crippen LogP contribution in [0.2, 0.25) is 0 Å². The molecular formula is C15H26N2O2S. The third kappa shape index (κ3) is 5.51. The second-order valence-electron chi connectivity index (χ2n) is 6.33. The van der Waals surface area contributed by atoms with E-state index in [0.29, 0.717) is 12.2 Å². The molecule has 2 N–H and O–H groups in total. The molecule has 1 rings (SSSR count). The number of sulfonamides is 1. The van der Waals surface area contributed by atoms with E-state index in [-0.39, 0.29) is 17.2 Å². The van der Waals surface area contributed by atoms with Gasteiger partial charge in [-0.3, -0.25) is 4.72 Å². The fourth-order valence-electron chi connectivity index (χ4n) is 1.93. The van der Waals surface area contributed by atoms with Crippen LogP contribution in [-0.2, 0) is 15.4 Å². The zero-order valence-corrected chi connectivity index (χ0v) is 13.8. The summed E-state index contributed by atoms with van der Waals surface area (Å²) in [7, 11) is -3.33. The number of anilines is 1. The van der Waals surface area contributed by atoms with Crippen LogP contribution in [0.1, 0.15) is 40.2 Å². The van der Waals surface area contributed by atoms with Crippen LogP contribution in [-0.4, -0.2) is 26.8 Å². The van der Waals surface area contributed by atoms with Gasteiger partial charge in [-0.2, -0.15) is 0 Å². The van der Waals surface area contributed by atoms with Crippen molar-refractivity contribution in [1.29, 1.82) is 0 Å². The zero-order chi connectivity index (χ0) is 15.4. The average molecular weight is 298 g/mol. The van der Waals surface area contributed by atoms with Crippen LogP contribution in [0.25, 0.3) is 0 Å². The third-order valence-electron chi connectivity index (χ3n) is 2.92. The van der Waals surface area contributed by atoms with Gasteiger partial charge < -0.3 is 5.32 Å². The van der Waals surface area contributed by atoms with Crippen molar-refractivity contribution in [3.8, 4) is 0 Å². The van der Waals surface area contributed by atoms with Crippen LogP contribution in [0.15, 0.2) is 24.3 Å². The van der Waals surface area contributed by atoms with Crippen LogP contribution in [0.4, 0.5) is 5.69 Å². The fraction of sp³-hybridized carbons (Fsp3) is 0.600. The zero-order valence-electron chi connectivity index (χ0n) is 13.0. The normalized spacial score (nSPS) is 12.7. The minimum atomic E-state index is -3.33. The summed E-state index contributed by atoms with van der Waals surface area (Å²) < 4.78 is 26.9. The first kappa shape index (κ1) is 17.0. The minimum Gasteiger partial charge on any atom is -0.313 e. The topological polar surface area (TPSA) is 58.2 Å². The maximum atomic E-state index is 12.1. The maximum Gasteiger partial charge on any atom is 0.233 e. The lowest BCUT2D eigenvalue weighted by Gasteiger charge is -2.23. The summed E-state index contributed by atoms with van der Waals surface area (Å²) in [5, 5.41) is 3.11. The monoisotopic (exact) mass is 298 g/mol. The number of benzene rings is 1. The Morgan fingerprint density at radius 3 is 2.30 bits per heavy atom. The smallest absolute Gasteiger partial charge is 0.233 e. The molecular weight excluding hydrogens is 272 g/mol. The first-order valence-corrected chi connectivity index (χ1v) is 8.60. The van der Waals surface area contributed by atoms with Gasteiger partial charge in [0, 0.05) is 12.6 Å². The van der Waals surface area contributed by atoms with E-state index in [1.54, 1.807) is 0 Å². The first-order valence-electron chi connectivity index (χ1n) is 6.95. The molecule has 0 aromatic heterocycles. The van der Waals surface area contributed by atoms with Crippen LogP contribution in [0.3, 0.4) is 0 Å². The summed E-state index contributed by atoms with van der Waals surface area (Å²) in [5.41, 5.74) is 1.57. The van der Waals surface area contributed by atoms with Crippen molar-refractivity contribution in [2.45, 2.75) is 46.1 Å². The molecule has 0 bridgehead atoms. The number of para-hydroxylation sites is 1. The Kier molecular flexibility index (Phi) is 5.59. The Morgan fingerprint density at radius 1 is 1.15 bits per heavy atom. The lowest BCUT2D eigenvalue weighted by Crippen LogP contribution is -2.31. The van der Waals surface area contributed by atoms with E-state index < -0.39 is 10.0 Å². The largest absolute Gasteiger partial charge is 0.313 e. The van der Waals surface area contributed by atoms with Crippen LogP contribution >= 0.6 is 0 Å². The Labute approximate surface area is 123 Å². The van der Waals surface area contributed by atoms with E-state index in [9.17, 15) is 8.42 Å². The molecule has 20 heavy (non-hydrogen) atoms. The summed E-state index contributed by atoms with van der Waals surface area (Å²) >= 11 is 0. The van der Waals surface area contributed by atoms with E-state index in [2.05, 4.69) is 30.8 Å². The van der Waals surface area contributed by atoms with Crippen molar-refractivity contribution in [2.24, 2.45) is 0 Å². The number of nitrogens with one attached hydrogen (secondary N) is 2. The molecule has 0 unspecified atom stereocenters. The Balaban J connectivity index is 2.83. The second kappa shape index (κ2) is 6.59. The lowest BCUT2D eigenvalue weighted by atomic mass is 9.86. The standard InChI is InChI=1S/C15H26N2O2S/c1-12(2)16-10-11-20(18,19)17-14-9-7-6-8-13(14)15(3,4)5/h6-9,12,16-17H,10-11H2,1-5H3. The summed E-state index contributed by atoms with van der Waals surface area (Å²) in [6.07, 6.45) is 0. The molecule has 0 spiro atoms. The van der Waals surface area contributed by atoms with Gasteiger partial charge in [0.15, 0.2) is 0 Å². The maximum absolute atomic E-state index is 12.1. The highest BCUT2D eigenvalue weighted by Gasteiger charge is 2.20. The van der Waals surface area contributed by atoms with Gasteiger partial charge in [-0.1, -0.05) is 52.8 Å². The number of rotatable bonds is 6. The summed E-state index contributed by atoms with van der Waals surface area (Å²) in [6.45, 7) is 10.6. The van der Waals surface area contributed by atoms with Gasteiger partial charge in [-0.25, -0.2) is 8.42 Å². The lowest BCUT2D eigenvalue weighted by molar-refractivity contribution is 0.580. The van der Waals surface area contributed by atoms with Gasteiger partial charge in [-0.05, 0) is 17.0 Å². The predicted molar refractivity (Wildman–Crippen MR) is 85.7 cm³/mol. The highest BCUT2D eigenvalue weighted by Crippen LogP contribution is 2.29. The van der Waals surface area contributed by atoms with Crippen molar-refractivity contribution in [3.63, 3.8) is 0 Å². The summed E-state index contributed by atoms with van der Waals surface area (Å²) in [6, 6.07) is 7.84. The molecule has 0 saturated carbocycles. The quantitative estimate of drug-likeness (QED) is 0.849. The minimum absolute atomic E-state index is 0.0731. The summed E-state index contributed by atoms with van der Waals surface area (Å²) in [5.74, 6) is 0.0731. The molecule has 0 aliphatic carbocycles. The highest BCUT2D eigenvalue weighted by molar-refractivity contribution is 7.92. The molecule has 0 aliphatic heterocycles. The molecule has 0 fully saturated rings. The van der Waals surface area contributed by atoms with Crippen molar-refractivity contribution in [3.05, 3.63) is 29.8 Å². The highest BCUT2D eigenvalue weighted by atomic mass is 32.2. The predicted octanol–water partition coefficient (Wildman–Crippen LogP) is 2.72. The molecule has 0 radical (unpaired) electrons. The van der Waals surface area contributed by atoms with Gasteiger partial charge in [0.1, 0.15) is 0 Å². The number of hydrogen-bond acceptors (Lipinski definition) is 3. The van der Waals surface area contributed by atoms with E-state index in [4.69, 9.17) is 0 Å². The molecule has 0 saturated heterocycles. The number of hydrogen-bond donors (Lipinski definition) is 2. The molecule has 114 valence electrons. The van der Waals surface area contributed by atoms with Gasteiger partial charge >= 0.3 is 0 Å². The van der Waals surface area contributed by atoms with Crippen molar-refractivity contribution in [1.82, 2.24) is 5.32 Å². The SMILES string of the molecule is CC(C)NCCS(=O)(=O)Nc1ccccc1C(C)(C)C. The Hall–Kier alpha value is -1.07. The molecule has 1 aromatic rings. The van der Waals surface area contributed by atoms with E-state index in [0.717, 1.165) is 5.56 Å². The van der Waals surface area contributed by atoms with E-state index in [1.807, 2.05) is 38.1 Å². The molecule has 0 aliphatic rings. The van der Waals surface area contributed by atoms with Crippen molar-refractivity contribution >= 4 is 15.7 Å². The molecule has 4 nitrogen and oxygen atoms in total. The molecule has 0 amide bonds. The molecule has 1 aromatic carbocycles. The van der Waals surface area contributed by atoms with Crippen molar-refractivity contribution in [2.75, 3.05) is 17.0 Å². The first-order chi connectivity index (χ1) is 9.12. The van der Waals surface area contributed by atoms with Gasteiger partial charge in [0.25, 0.3) is 0 Å². The van der Waals surface area contributed by atoms with E-state index >= 15 is 0 Å².